The summed E-state index contributed by atoms with van der Waals surface area (Å²) in [6, 6.07) is -0.198. The lowest BCUT2D eigenvalue weighted by atomic mass is 10.1. The number of aromatic hydroxyl groups is 1. The van der Waals surface area contributed by atoms with Crippen molar-refractivity contribution >= 4 is 29.4 Å². The quantitative estimate of drug-likeness (QED) is 0.366. The number of rotatable bonds is 3. The molecular formula is C13H10ClF4N3O3. The number of anilines is 1. The Hall–Kier alpha value is -2.33. The molecule has 1 heterocycles. The first-order chi connectivity index (χ1) is 11.1. The minimum absolute atomic E-state index is 0.179. The topological polar surface area (TPSA) is 86.9 Å². The number of halogens is 5. The highest BCUT2D eigenvalue weighted by molar-refractivity contribution is 6.32. The van der Waals surface area contributed by atoms with Gasteiger partial charge in [-0.3, -0.25) is 14.6 Å². The molecule has 24 heavy (non-hydrogen) atoms. The molecule has 1 aromatic rings. The van der Waals surface area contributed by atoms with Crippen LogP contribution in [0.15, 0.2) is 23.9 Å². The van der Waals surface area contributed by atoms with Crippen LogP contribution in [0.5, 0.6) is 5.75 Å². The summed E-state index contributed by atoms with van der Waals surface area (Å²) in [6.45, 7) is -0.756. The summed E-state index contributed by atoms with van der Waals surface area (Å²) in [4.78, 5) is 23.2. The van der Waals surface area contributed by atoms with Crippen molar-refractivity contribution in [3.05, 3.63) is 34.7 Å². The Bertz CT molecular complexity index is 723. The molecule has 0 spiro atoms. The molecule has 130 valence electrons. The van der Waals surface area contributed by atoms with Gasteiger partial charge in [-0.05, 0) is 12.1 Å². The van der Waals surface area contributed by atoms with E-state index in [0.29, 0.717) is 6.08 Å². The zero-order chi connectivity index (χ0) is 18.2. The van der Waals surface area contributed by atoms with Gasteiger partial charge < -0.3 is 10.0 Å². The van der Waals surface area contributed by atoms with E-state index in [1.807, 2.05) is 0 Å². The maximum Gasteiger partial charge on any atom is 0.432 e. The SMILES string of the molecule is NN1CN(c2cc(O)c(Cl)cc2F)C(C(=O)C=O)C=C1C(F)(F)F. The number of nitrogens with zero attached hydrogens (tertiary/aromatic N) is 2. The Morgan fingerprint density at radius 1 is 1.42 bits per heavy atom. The van der Waals surface area contributed by atoms with Crippen LogP contribution in [0.1, 0.15) is 0 Å². The zero-order valence-electron chi connectivity index (χ0n) is 11.7. The van der Waals surface area contributed by atoms with Crippen molar-refractivity contribution in [1.82, 2.24) is 5.01 Å². The third kappa shape index (κ3) is 3.29. The highest BCUT2D eigenvalue weighted by Gasteiger charge is 2.43. The fourth-order valence-corrected chi connectivity index (χ4v) is 2.35. The largest absolute Gasteiger partial charge is 0.506 e. The van der Waals surface area contributed by atoms with Crippen LogP contribution in [0.2, 0.25) is 5.02 Å². The van der Waals surface area contributed by atoms with Crippen molar-refractivity contribution in [3.8, 4) is 5.75 Å². The van der Waals surface area contributed by atoms with E-state index in [0.717, 1.165) is 17.0 Å². The lowest BCUT2D eigenvalue weighted by molar-refractivity contribution is -0.131. The van der Waals surface area contributed by atoms with Gasteiger partial charge in [0.2, 0.25) is 5.78 Å². The maximum atomic E-state index is 14.1. The molecule has 1 atom stereocenters. The van der Waals surface area contributed by atoms with Gasteiger partial charge in [0.15, 0.2) is 6.29 Å². The molecule has 0 amide bonds. The fourth-order valence-electron chi connectivity index (χ4n) is 2.20. The predicted molar refractivity (Wildman–Crippen MR) is 75.4 cm³/mol. The number of hydrogen-bond acceptors (Lipinski definition) is 6. The Balaban J connectivity index is 2.57. The van der Waals surface area contributed by atoms with Crippen LogP contribution in [0, 0.1) is 5.82 Å². The molecular weight excluding hydrogens is 358 g/mol. The normalized spacial score (nSPS) is 18.4. The fraction of sp³-hybridized carbons (Fsp3) is 0.231. The summed E-state index contributed by atoms with van der Waals surface area (Å²) in [5.41, 5.74) is -1.79. The minimum atomic E-state index is -4.87. The number of Topliss-reactive ketones (excluding diaryl/α,β-unsaturated/α-hetero) is 1. The number of benzene rings is 1. The van der Waals surface area contributed by atoms with Crippen LogP contribution in [-0.4, -0.2) is 41.1 Å². The number of allylic oxidation sites excluding steroid dienone is 1. The smallest absolute Gasteiger partial charge is 0.432 e. The zero-order valence-corrected chi connectivity index (χ0v) is 12.5. The molecule has 1 aliphatic rings. The third-order valence-corrected chi connectivity index (χ3v) is 3.59. The molecule has 3 N–H and O–H groups in total. The molecule has 1 aromatic carbocycles. The van der Waals surface area contributed by atoms with Gasteiger partial charge in [0.1, 0.15) is 30.0 Å². The van der Waals surface area contributed by atoms with Crippen molar-refractivity contribution in [2.45, 2.75) is 12.2 Å². The third-order valence-electron chi connectivity index (χ3n) is 3.29. The van der Waals surface area contributed by atoms with Crippen molar-refractivity contribution in [2.24, 2.45) is 5.84 Å². The Morgan fingerprint density at radius 3 is 2.58 bits per heavy atom. The molecule has 0 saturated heterocycles. The van der Waals surface area contributed by atoms with Crippen molar-refractivity contribution in [2.75, 3.05) is 11.6 Å². The van der Waals surface area contributed by atoms with Gasteiger partial charge in [-0.2, -0.15) is 13.2 Å². The highest BCUT2D eigenvalue weighted by Crippen LogP contribution is 2.36. The van der Waals surface area contributed by atoms with Crippen LogP contribution in [0.25, 0.3) is 0 Å². The second-order valence-electron chi connectivity index (χ2n) is 4.85. The van der Waals surface area contributed by atoms with Gasteiger partial charge in [-0.15, -0.1) is 0 Å². The van der Waals surface area contributed by atoms with Crippen molar-refractivity contribution in [3.63, 3.8) is 0 Å². The summed E-state index contributed by atoms with van der Waals surface area (Å²) >= 11 is 5.54. The van der Waals surface area contributed by atoms with Crippen molar-refractivity contribution in [1.29, 1.82) is 0 Å². The number of hydrazine groups is 1. The molecule has 11 heteroatoms. The molecule has 0 aliphatic carbocycles. The number of carbonyl (C=O) groups excluding carboxylic acids is 2. The average molecular weight is 368 g/mol. The number of carbonyl (C=O) groups is 2. The summed E-state index contributed by atoms with van der Waals surface area (Å²) in [7, 11) is 0. The number of ketones is 1. The van der Waals surface area contributed by atoms with Gasteiger partial charge in [0, 0.05) is 6.07 Å². The molecule has 2 rings (SSSR count). The van der Waals surface area contributed by atoms with E-state index in [1.165, 1.54) is 0 Å². The van der Waals surface area contributed by atoms with E-state index >= 15 is 0 Å². The molecule has 0 bridgehead atoms. The van der Waals surface area contributed by atoms with Crippen LogP contribution >= 0.6 is 11.6 Å². The van der Waals surface area contributed by atoms with E-state index in [9.17, 15) is 32.3 Å². The molecule has 6 nitrogen and oxygen atoms in total. The molecule has 1 unspecified atom stereocenters. The van der Waals surface area contributed by atoms with Gasteiger partial charge >= 0.3 is 6.18 Å². The summed E-state index contributed by atoms with van der Waals surface area (Å²) < 4.78 is 52.8. The van der Waals surface area contributed by atoms with Crippen LogP contribution < -0.4 is 10.7 Å². The van der Waals surface area contributed by atoms with E-state index in [4.69, 9.17) is 17.4 Å². The van der Waals surface area contributed by atoms with E-state index < -0.39 is 47.6 Å². The summed E-state index contributed by atoms with van der Waals surface area (Å²) in [6.07, 6.45) is -4.64. The second kappa shape index (κ2) is 6.29. The molecule has 0 fully saturated rings. The number of aldehydes is 1. The van der Waals surface area contributed by atoms with Gasteiger partial charge in [-0.25, -0.2) is 10.2 Å². The van der Waals surface area contributed by atoms with Crippen molar-refractivity contribution < 1.29 is 32.3 Å². The average Bonchev–Trinajstić information content (AvgIpc) is 2.48. The number of phenols is 1. The first-order valence-corrected chi connectivity index (χ1v) is 6.69. The predicted octanol–water partition coefficient (Wildman–Crippen LogP) is 1.72. The highest BCUT2D eigenvalue weighted by atomic mass is 35.5. The number of alkyl halides is 3. The molecule has 0 saturated carbocycles. The van der Waals surface area contributed by atoms with Gasteiger partial charge in [0.05, 0.1) is 10.7 Å². The standard InChI is InChI=1S/C13H10ClF4N3O3/c14-6-1-7(15)8(2-10(6)23)20-5-21(19)12(13(16,17)18)3-9(20)11(24)4-22/h1-4,9,23H,5,19H2. The minimum Gasteiger partial charge on any atom is -0.506 e. The Morgan fingerprint density at radius 2 is 2.04 bits per heavy atom. The summed E-state index contributed by atoms with van der Waals surface area (Å²) in [5.74, 6) is 2.50. The van der Waals surface area contributed by atoms with Crippen LogP contribution in [0.4, 0.5) is 23.2 Å². The van der Waals surface area contributed by atoms with Crippen LogP contribution in [0.3, 0.4) is 0 Å². The first-order valence-electron chi connectivity index (χ1n) is 6.31. The molecule has 1 aliphatic heterocycles. The molecule has 0 aromatic heterocycles. The molecule has 0 radical (unpaired) electrons. The van der Waals surface area contributed by atoms with E-state index in [-0.39, 0.29) is 16.3 Å². The van der Waals surface area contributed by atoms with Gasteiger partial charge in [0.25, 0.3) is 0 Å². The summed E-state index contributed by atoms with van der Waals surface area (Å²) in [5, 5.41) is 9.48. The van der Waals surface area contributed by atoms with E-state index in [1.54, 1.807) is 0 Å². The number of nitrogens with two attached hydrogens (primary N) is 1. The lowest BCUT2D eigenvalue weighted by Gasteiger charge is -2.40. The Kier molecular flexibility index (Phi) is 4.72. The van der Waals surface area contributed by atoms with Gasteiger partial charge in [-0.1, -0.05) is 11.6 Å². The van der Waals surface area contributed by atoms with Crippen LogP contribution in [-0.2, 0) is 9.59 Å². The maximum absolute atomic E-state index is 14.1. The first kappa shape index (κ1) is 18.0. The lowest BCUT2D eigenvalue weighted by Crippen LogP contribution is -2.55. The monoisotopic (exact) mass is 367 g/mol. The number of hydrogen-bond donors (Lipinski definition) is 2. The Labute approximate surface area is 137 Å². The van der Waals surface area contributed by atoms with E-state index in [2.05, 4.69) is 0 Å². The second-order valence-corrected chi connectivity index (χ2v) is 5.26. The number of phenolic OH excluding ortho intramolecular Hbond substituents is 1.